The molecule has 9 heteroatoms. The lowest BCUT2D eigenvalue weighted by molar-refractivity contribution is 0.0628. The molecule has 7 nitrogen and oxygen atoms in total. The second-order valence-electron chi connectivity index (χ2n) is 8.99. The average molecular weight is 499 g/mol. The van der Waals surface area contributed by atoms with Crippen LogP contribution in [0.3, 0.4) is 0 Å². The molecule has 0 radical (unpaired) electrons. The summed E-state index contributed by atoms with van der Waals surface area (Å²) in [5, 5.41) is 1.09. The highest BCUT2D eigenvalue weighted by Gasteiger charge is 2.27. The van der Waals surface area contributed by atoms with Crippen LogP contribution in [0.5, 0.6) is 0 Å². The van der Waals surface area contributed by atoms with E-state index in [1.807, 2.05) is 23.1 Å². The number of amides is 1. The summed E-state index contributed by atoms with van der Waals surface area (Å²) in [5.74, 6) is -0.104. The fourth-order valence-electron chi connectivity index (χ4n) is 4.69. The topological polar surface area (TPSA) is 73.8 Å². The van der Waals surface area contributed by atoms with Gasteiger partial charge in [-0.3, -0.25) is 9.69 Å². The zero-order chi connectivity index (χ0) is 23.5. The summed E-state index contributed by atoms with van der Waals surface area (Å²) in [6.45, 7) is 4.67. The lowest BCUT2D eigenvalue weighted by Gasteiger charge is -2.34. The van der Waals surface area contributed by atoms with Gasteiger partial charge in [-0.2, -0.15) is 4.31 Å². The van der Waals surface area contributed by atoms with Crippen molar-refractivity contribution in [2.24, 2.45) is 0 Å². The van der Waals surface area contributed by atoms with Gasteiger partial charge in [-0.25, -0.2) is 13.4 Å². The first-order chi connectivity index (χ1) is 16.5. The van der Waals surface area contributed by atoms with E-state index in [-0.39, 0.29) is 10.8 Å². The molecule has 3 aromatic rings. The molecule has 5 rings (SSSR count). The molecule has 2 fully saturated rings. The van der Waals surface area contributed by atoms with Gasteiger partial charge in [0.15, 0.2) is 0 Å². The van der Waals surface area contributed by atoms with Crippen LogP contribution in [0, 0.1) is 0 Å². The highest BCUT2D eigenvalue weighted by Crippen LogP contribution is 2.24. The van der Waals surface area contributed by atoms with Gasteiger partial charge in [-0.05, 0) is 43.2 Å². The molecule has 2 aromatic carbocycles. The molecule has 0 bridgehead atoms. The summed E-state index contributed by atoms with van der Waals surface area (Å²) in [5.41, 5.74) is 1.47. The number of piperazine rings is 1. The van der Waals surface area contributed by atoms with Crippen molar-refractivity contribution in [3.63, 3.8) is 0 Å². The van der Waals surface area contributed by atoms with Crippen LogP contribution in [0.25, 0.3) is 10.2 Å². The first kappa shape index (κ1) is 23.4. The minimum atomic E-state index is -3.58. The third-order valence-electron chi connectivity index (χ3n) is 6.64. The number of carbonyl (C=O) groups is 1. The number of thiazole rings is 1. The minimum Gasteiger partial charge on any atom is -0.336 e. The molecule has 3 heterocycles. The summed E-state index contributed by atoms with van der Waals surface area (Å²) >= 11 is 1.72. The van der Waals surface area contributed by atoms with E-state index >= 15 is 0 Å². The predicted molar refractivity (Wildman–Crippen MR) is 134 cm³/mol. The lowest BCUT2D eigenvalue weighted by atomic mass is 10.2. The standard InChI is InChI=1S/C25H30N4O3S2/c30-25(20-8-7-9-21(18-20)34(31,32)29-12-5-1-2-6-13-29)28-16-14-27(15-17-28)19-24-26-22-10-3-4-11-23(22)33-24/h3-4,7-11,18H,1-2,5-6,12-17,19H2. The Morgan fingerprint density at radius 2 is 1.62 bits per heavy atom. The number of aromatic nitrogens is 1. The Hall–Kier alpha value is -2.33. The fraction of sp³-hybridized carbons (Fsp3) is 0.440. The molecule has 0 aliphatic carbocycles. The molecule has 1 aromatic heterocycles. The summed E-state index contributed by atoms with van der Waals surface area (Å²) < 4.78 is 29.1. The van der Waals surface area contributed by atoms with Crippen molar-refractivity contribution in [3.8, 4) is 0 Å². The van der Waals surface area contributed by atoms with E-state index in [2.05, 4.69) is 11.0 Å². The number of benzene rings is 2. The van der Waals surface area contributed by atoms with E-state index in [1.165, 1.54) is 4.70 Å². The van der Waals surface area contributed by atoms with Gasteiger partial charge in [0.05, 0.1) is 21.7 Å². The zero-order valence-electron chi connectivity index (χ0n) is 19.2. The maximum atomic E-state index is 13.2. The highest BCUT2D eigenvalue weighted by molar-refractivity contribution is 7.89. The number of hydrogen-bond donors (Lipinski definition) is 0. The SMILES string of the molecule is O=C(c1cccc(S(=O)(=O)N2CCCCCC2)c1)N1CCN(Cc2nc3ccccc3s2)CC1. The smallest absolute Gasteiger partial charge is 0.253 e. The van der Waals surface area contributed by atoms with Crippen LogP contribution in [0.2, 0.25) is 0 Å². The van der Waals surface area contributed by atoms with Crippen molar-refractivity contribution in [3.05, 3.63) is 59.1 Å². The van der Waals surface area contributed by atoms with E-state index in [0.29, 0.717) is 31.7 Å². The quantitative estimate of drug-likeness (QED) is 0.535. The Kier molecular flexibility index (Phi) is 6.96. The maximum absolute atomic E-state index is 13.2. The first-order valence-electron chi connectivity index (χ1n) is 12.0. The lowest BCUT2D eigenvalue weighted by Crippen LogP contribution is -2.48. The Labute approximate surface area is 205 Å². The Morgan fingerprint density at radius 1 is 0.882 bits per heavy atom. The zero-order valence-corrected chi connectivity index (χ0v) is 20.9. The number of sulfonamides is 1. The molecule has 2 saturated heterocycles. The van der Waals surface area contributed by atoms with E-state index in [0.717, 1.165) is 55.8 Å². The molecule has 180 valence electrons. The molecule has 1 amide bonds. The minimum absolute atomic E-state index is 0.104. The van der Waals surface area contributed by atoms with Gasteiger partial charge in [-0.15, -0.1) is 11.3 Å². The van der Waals surface area contributed by atoms with Crippen molar-refractivity contribution in [1.82, 2.24) is 19.1 Å². The molecule has 0 spiro atoms. The molecule has 0 saturated carbocycles. The monoisotopic (exact) mass is 498 g/mol. The maximum Gasteiger partial charge on any atom is 0.253 e. The Bertz CT molecular complexity index is 1220. The highest BCUT2D eigenvalue weighted by atomic mass is 32.2. The average Bonchev–Trinajstić information content (AvgIpc) is 3.06. The predicted octanol–water partition coefficient (Wildman–Crippen LogP) is 3.82. The van der Waals surface area contributed by atoms with Crippen LogP contribution >= 0.6 is 11.3 Å². The second kappa shape index (κ2) is 10.1. The van der Waals surface area contributed by atoms with Gasteiger partial charge in [0.2, 0.25) is 10.0 Å². The Morgan fingerprint density at radius 3 is 2.35 bits per heavy atom. The number of nitrogens with zero attached hydrogens (tertiary/aromatic N) is 4. The molecule has 0 N–H and O–H groups in total. The normalized spacial score (nSPS) is 18.8. The van der Waals surface area contributed by atoms with Crippen molar-refractivity contribution < 1.29 is 13.2 Å². The number of hydrogen-bond acceptors (Lipinski definition) is 6. The molecular formula is C25H30N4O3S2. The van der Waals surface area contributed by atoms with Crippen LogP contribution in [-0.4, -0.2) is 72.7 Å². The van der Waals surface area contributed by atoms with Crippen molar-refractivity contribution in [2.75, 3.05) is 39.3 Å². The molecule has 34 heavy (non-hydrogen) atoms. The van der Waals surface area contributed by atoms with Gasteiger partial charge in [0.25, 0.3) is 5.91 Å². The summed E-state index contributed by atoms with van der Waals surface area (Å²) in [6.07, 6.45) is 3.91. The van der Waals surface area contributed by atoms with Crippen LogP contribution < -0.4 is 0 Å². The van der Waals surface area contributed by atoms with Crippen molar-refractivity contribution in [1.29, 1.82) is 0 Å². The fourth-order valence-corrected chi connectivity index (χ4v) is 7.26. The van der Waals surface area contributed by atoms with Gasteiger partial charge >= 0.3 is 0 Å². The molecular weight excluding hydrogens is 468 g/mol. The van der Waals surface area contributed by atoms with E-state index < -0.39 is 10.0 Å². The van der Waals surface area contributed by atoms with Gasteiger partial charge in [-0.1, -0.05) is 31.0 Å². The van der Waals surface area contributed by atoms with Crippen molar-refractivity contribution in [2.45, 2.75) is 37.1 Å². The first-order valence-corrected chi connectivity index (χ1v) is 14.2. The molecule has 2 aliphatic rings. The number of fused-ring (bicyclic) bond motifs is 1. The molecule has 0 atom stereocenters. The van der Waals surface area contributed by atoms with Gasteiger partial charge in [0, 0.05) is 44.8 Å². The largest absolute Gasteiger partial charge is 0.336 e. The Balaban J connectivity index is 1.22. The summed E-state index contributed by atoms with van der Waals surface area (Å²) in [4.78, 5) is 22.3. The van der Waals surface area contributed by atoms with Crippen molar-refractivity contribution >= 4 is 37.5 Å². The van der Waals surface area contributed by atoms with E-state index in [9.17, 15) is 13.2 Å². The molecule has 0 unspecified atom stereocenters. The number of para-hydroxylation sites is 1. The van der Waals surface area contributed by atoms with Crippen LogP contribution in [0.1, 0.15) is 41.0 Å². The van der Waals surface area contributed by atoms with E-state index in [1.54, 1.807) is 39.9 Å². The van der Waals surface area contributed by atoms with E-state index in [4.69, 9.17) is 4.98 Å². The second-order valence-corrected chi connectivity index (χ2v) is 12.0. The van der Waals surface area contributed by atoms with Crippen LogP contribution in [0.4, 0.5) is 0 Å². The number of carbonyl (C=O) groups excluding carboxylic acids is 1. The third-order valence-corrected chi connectivity index (χ3v) is 9.56. The summed E-state index contributed by atoms with van der Waals surface area (Å²) in [7, 11) is -3.58. The summed E-state index contributed by atoms with van der Waals surface area (Å²) in [6, 6.07) is 14.7. The molecule has 2 aliphatic heterocycles. The van der Waals surface area contributed by atoms with Gasteiger partial charge < -0.3 is 4.90 Å². The van der Waals surface area contributed by atoms with Gasteiger partial charge in [0.1, 0.15) is 5.01 Å². The van der Waals surface area contributed by atoms with Crippen LogP contribution in [-0.2, 0) is 16.6 Å². The van der Waals surface area contributed by atoms with Crippen LogP contribution in [0.15, 0.2) is 53.4 Å². The number of rotatable bonds is 5. The third kappa shape index (κ3) is 5.02.